The molecule has 0 radical (unpaired) electrons. The van der Waals surface area contributed by atoms with Crippen molar-refractivity contribution >= 4 is 43.5 Å². The second-order valence-corrected chi connectivity index (χ2v) is 12.6. The summed E-state index contributed by atoms with van der Waals surface area (Å²) < 4.78 is 47.5. The molecule has 192 valence electrons. The first-order valence-corrected chi connectivity index (χ1v) is 14.1. The van der Waals surface area contributed by atoms with E-state index in [1.54, 1.807) is 0 Å². The lowest BCUT2D eigenvalue weighted by atomic mass is 9.90. The molecule has 6 N–H and O–H groups in total. The number of pyridine rings is 1. The maximum atomic E-state index is 13.3. The molecule has 1 unspecified atom stereocenters. The molecule has 18 heteroatoms. The number of hydrogen-bond acceptors (Lipinski definition) is 10. The molecular formula is C17H21ClFN5O9P2. The molecule has 0 bridgehead atoms. The number of nitrogens with zero attached hydrogens (tertiary/aromatic N) is 4. The van der Waals surface area contributed by atoms with Gasteiger partial charge in [0.2, 0.25) is 0 Å². The van der Waals surface area contributed by atoms with E-state index in [-0.39, 0.29) is 40.9 Å². The molecule has 0 spiro atoms. The fraction of sp³-hybridized carbons (Fsp3) is 0.588. The van der Waals surface area contributed by atoms with E-state index in [1.807, 2.05) is 6.07 Å². The van der Waals surface area contributed by atoms with Gasteiger partial charge < -0.3 is 39.5 Å². The van der Waals surface area contributed by atoms with Gasteiger partial charge in [-0.3, -0.25) is 9.13 Å². The highest BCUT2D eigenvalue weighted by Crippen LogP contribution is 2.55. The van der Waals surface area contributed by atoms with Crippen LogP contribution in [0.25, 0.3) is 11.0 Å². The number of ether oxygens (including phenoxy) is 1. The number of halogens is 2. The van der Waals surface area contributed by atoms with Gasteiger partial charge in [-0.25, -0.2) is 14.1 Å². The number of fused-ring (bicyclic) bond motifs is 1. The molecule has 1 saturated carbocycles. The SMILES string of the molecule is N#Cc1c(Cl)nc2c(cnn2[C@@H]2O[C@H](COP(=O)(O)CP(=O)(O)O)[C@@H](O)[C@H]2O)c1N[C@H]1C[C@@H](F)C1. The van der Waals surface area contributed by atoms with Crippen LogP contribution in [-0.2, 0) is 18.4 Å². The van der Waals surface area contributed by atoms with Crippen LogP contribution in [0, 0.1) is 11.3 Å². The second-order valence-electron chi connectivity index (χ2n) is 8.29. The summed E-state index contributed by atoms with van der Waals surface area (Å²) in [6, 6.07) is 1.70. The summed E-state index contributed by atoms with van der Waals surface area (Å²) in [4.78, 5) is 31.5. The van der Waals surface area contributed by atoms with Crippen LogP contribution in [0.2, 0.25) is 5.15 Å². The number of rotatable bonds is 8. The molecule has 5 atom stereocenters. The number of nitriles is 1. The normalized spacial score (nSPS) is 30.6. The summed E-state index contributed by atoms with van der Waals surface area (Å²) in [5.41, 5.74) is 0.362. The third kappa shape index (κ3) is 5.52. The molecule has 4 rings (SSSR count). The van der Waals surface area contributed by atoms with E-state index in [4.69, 9.17) is 26.1 Å². The maximum absolute atomic E-state index is 13.3. The Labute approximate surface area is 201 Å². The predicted molar refractivity (Wildman–Crippen MR) is 117 cm³/mol. The summed E-state index contributed by atoms with van der Waals surface area (Å²) in [5, 5.41) is 37.7. The van der Waals surface area contributed by atoms with Crippen molar-refractivity contribution in [2.24, 2.45) is 0 Å². The van der Waals surface area contributed by atoms with Crippen LogP contribution in [0.5, 0.6) is 0 Å². The van der Waals surface area contributed by atoms with Crippen LogP contribution in [0.3, 0.4) is 0 Å². The number of anilines is 1. The van der Waals surface area contributed by atoms with Crippen molar-refractivity contribution in [2.45, 2.75) is 49.6 Å². The average Bonchev–Trinajstić information content (AvgIpc) is 3.25. The van der Waals surface area contributed by atoms with Crippen LogP contribution in [0.4, 0.5) is 10.1 Å². The molecule has 35 heavy (non-hydrogen) atoms. The van der Waals surface area contributed by atoms with Crippen molar-refractivity contribution in [3.8, 4) is 6.07 Å². The van der Waals surface area contributed by atoms with Crippen LogP contribution in [-0.4, -0.2) is 82.7 Å². The quantitative estimate of drug-likeness (QED) is 0.196. The molecule has 14 nitrogen and oxygen atoms in total. The van der Waals surface area contributed by atoms with Crippen molar-refractivity contribution in [3.05, 3.63) is 16.9 Å². The molecule has 2 aromatic heterocycles. The molecule has 0 aromatic carbocycles. The molecule has 1 aliphatic heterocycles. The third-order valence-corrected chi connectivity index (χ3v) is 9.35. The van der Waals surface area contributed by atoms with Gasteiger partial charge in [-0.15, -0.1) is 0 Å². The Bertz CT molecular complexity index is 1260. The van der Waals surface area contributed by atoms with E-state index in [9.17, 15) is 33.9 Å². The Hall–Kier alpha value is -1.69. The lowest BCUT2D eigenvalue weighted by molar-refractivity contribution is -0.0541. The molecule has 2 aromatic rings. The topological polar surface area (TPSA) is 220 Å². The van der Waals surface area contributed by atoms with Crippen molar-refractivity contribution in [2.75, 3.05) is 17.8 Å². The van der Waals surface area contributed by atoms with Crippen molar-refractivity contribution in [1.29, 1.82) is 5.26 Å². The first kappa shape index (κ1) is 26.4. The smallest absolute Gasteiger partial charge is 0.340 e. The van der Waals surface area contributed by atoms with Gasteiger partial charge >= 0.3 is 15.2 Å². The van der Waals surface area contributed by atoms with Gasteiger partial charge in [0.25, 0.3) is 0 Å². The first-order chi connectivity index (χ1) is 16.3. The number of aromatic nitrogens is 3. The predicted octanol–water partition coefficient (Wildman–Crippen LogP) is 0.825. The summed E-state index contributed by atoms with van der Waals surface area (Å²) in [5.74, 6) is -1.43. The Morgan fingerprint density at radius 2 is 2.00 bits per heavy atom. The highest BCUT2D eigenvalue weighted by molar-refractivity contribution is 7.70. The molecule has 3 heterocycles. The Balaban J connectivity index is 1.58. The highest BCUT2D eigenvalue weighted by Gasteiger charge is 2.46. The van der Waals surface area contributed by atoms with Crippen molar-refractivity contribution < 1.29 is 47.7 Å². The van der Waals surface area contributed by atoms with Crippen LogP contribution < -0.4 is 5.32 Å². The van der Waals surface area contributed by atoms with Gasteiger partial charge in [0, 0.05) is 6.04 Å². The molecular weight excluding hydrogens is 535 g/mol. The average molecular weight is 556 g/mol. The van der Waals surface area contributed by atoms with Crippen LogP contribution in [0.15, 0.2) is 6.20 Å². The van der Waals surface area contributed by atoms with Crippen molar-refractivity contribution in [1.82, 2.24) is 14.8 Å². The summed E-state index contributed by atoms with van der Waals surface area (Å²) in [7, 11) is -9.58. The number of hydrogen-bond donors (Lipinski definition) is 6. The van der Waals surface area contributed by atoms with Gasteiger partial charge in [0.15, 0.2) is 22.9 Å². The van der Waals surface area contributed by atoms with Gasteiger partial charge in [0.05, 0.1) is 23.9 Å². The summed E-state index contributed by atoms with van der Waals surface area (Å²) in [6.07, 6.45) is -5.11. The second kappa shape index (κ2) is 9.64. The molecule has 2 fully saturated rings. The fourth-order valence-electron chi connectivity index (χ4n) is 3.87. The summed E-state index contributed by atoms with van der Waals surface area (Å²) in [6.45, 7) is -0.770. The lowest BCUT2D eigenvalue weighted by Crippen LogP contribution is -2.36. The molecule has 1 saturated heterocycles. The summed E-state index contributed by atoms with van der Waals surface area (Å²) >= 11 is 6.18. The van der Waals surface area contributed by atoms with E-state index in [1.165, 1.54) is 6.20 Å². The third-order valence-electron chi connectivity index (χ3n) is 5.62. The van der Waals surface area contributed by atoms with Gasteiger partial charge in [-0.1, -0.05) is 11.6 Å². The first-order valence-electron chi connectivity index (χ1n) is 10.2. The maximum Gasteiger partial charge on any atom is 0.340 e. The van der Waals surface area contributed by atoms with E-state index < -0.39 is 58.4 Å². The zero-order valence-corrected chi connectivity index (χ0v) is 20.2. The lowest BCUT2D eigenvalue weighted by Gasteiger charge is -2.31. The van der Waals surface area contributed by atoms with Gasteiger partial charge in [0.1, 0.15) is 36.1 Å². The Morgan fingerprint density at radius 1 is 1.31 bits per heavy atom. The number of aliphatic hydroxyl groups is 2. The van der Waals surface area contributed by atoms with Crippen LogP contribution in [0.1, 0.15) is 24.6 Å². The van der Waals surface area contributed by atoms with E-state index in [0.717, 1.165) is 4.68 Å². The Morgan fingerprint density at radius 3 is 2.60 bits per heavy atom. The molecule has 0 amide bonds. The monoisotopic (exact) mass is 555 g/mol. The molecule has 2 aliphatic rings. The number of aliphatic hydroxyl groups excluding tert-OH is 2. The highest BCUT2D eigenvalue weighted by atomic mass is 35.5. The van der Waals surface area contributed by atoms with E-state index >= 15 is 0 Å². The zero-order valence-electron chi connectivity index (χ0n) is 17.7. The standard InChI is InChI=1S/C17H21ClFN5O9P2/c18-15-9(3-20)12(22-8-1-7(19)2-8)10-4-21-24(16(10)23-15)17-14(26)13(25)11(33-17)5-32-35(30,31)6-34(27,28)29/h4,7-8,11,13-14,17,25-26H,1-2,5-6H2,(H,22,23)(H,30,31)(H2,27,28,29)/t7-,8+,11-,13-,14-,17-/m1/s1. The number of alkyl halides is 1. The zero-order chi connectivity index (χ0) is 25.7. The largest absolute Gasteiger partial charge is 0.387 e. The fourth-order valence-corrected chi connectivity index (χ4v) is 6.66. The van der Waals surface area contributed by atoms with Gasteiger partial charge in [-0.2, -0.15) is 10.4 Å². The minimum Gasteiger partial charge on any atom is -0.387 e. The van der Waals surface area contributed by atoms with Crippen molar-refractivity contribution in [3.63, 3.8) is 0 Å². The Kier molecular flexibility index (Phi) is 7.27. The van der Waals surface area contributed by atoms with Crippen LogP contribution >= 0.6 is 26.8 Å². The minimum atomic E-state index is -4.86. The molecule has 1 aliphatic carbocycles. The number of nitrogens with one attached hydrogen (secondary N) is 1. The minimum absolute atomic E-state index is 0.0176. The van der Waals surface area contributed by atoms with E-state index in [0.29, 0.717) is 5.39 Å². The van der Waals surface area contributed by atoms with Gasteiger partial charge in [-0.05, 0) is 12.8 Å². The van der Waals surface area contributed by atoms with E-state index in [2.05, 4.69) is 19.9 Å².